The van der Waals surface area contributed by atoms with Gasteiger partial charge in [0.05, 0.1) is 16.1 Å². The monoisotopic (exact) mass is 543 g/mol. The first-order chi connectivity index (χ1) is 14.5. The van der Waals surface area contributed by atoms with E-state index < -0.39 is 11.0 Å². The Morgan fingerprint density at radius 1 is 0.933 bits per heavy atom. The third kappa shape index (κ3) is 4.61. The molecule has 0 radical (unpaired) electrons. The van der Waals surface area contributed by atoms with Gasteiger partial charge < -0.3 is 10.0 Å². The van der Waals surface area contributed by atoms with Crippen LogP contribution in [0.2, 0.25) is 0 Å². The molecular weight excluding hydrogens is 530 g/mol. The number of pyridine rings is 1. The van der Waals surface area contributed by atoms with Crippen molar-refractivity contribution in [1.29, 1.82) is 0 Å². The summed E-state index contributed by atoms with van der Waals surface area (Å²) in [5.41, 5.74) is 1.50. The van der Waals surface area contributed by atoms with Crippen LogP contribution in [0.25, 0.3) is 10.8 Å². The Morgan fingerprint density at radius 2 is 1.70 bits per heavy atom. The SMILES string of the molecule is O=C(Nc1ccc(Br)cc1)c1cc(Br)ccc1NS(=O)c1cccc2ccncc12. The third-order valence-electron chi connectivity index (χ3n) is 4.37. The van der Waals surface area contributed by atoms with Gasteiger partial charge in [0, 0.05) is 32.4 Å². The van der Waals surface area contributed by atoms with Gasteiger partial charge in [0.1, 0.15) is 0 Å². The molecule has 1 aromatic heterocycles. The van der Waals surface area contributed by atoms with Crippen molar-refractivity contribution in [3.8, 4) is 0 Å². The van der Waals surface area contributed by atoms with Gasteiger partial charge in [-0.1, -0.05) is 44.0 Å². The van der Waals surface area contributed by atoms with Gasteiger partial charge >= 0.3 is 0 Å². The van der Waals surface area contributed by atoms with Crippen molar-refractivity contribution in [3.63, 3.8) is 0 Å². The molecule has 1 amide bonds. The highest BCUT2D eigenvalue weighted by atomic mass is 79.9. The molecule has 3 aromatic carbocycles. The van der Waals surface area contributed by atoms with Crippen LogP contribution in [0.4, 0.5) is 11.4 Å². The first-order valence-corrected chi connectivity index (χ1v) is 11.6. The Hall–Kier alpha value is -2.55. The number of carbonyl (C=O) groups is 1. The maximum absolute atomic E-state index is 13.1. The summed E-state index contributed by atoms with van der Waals surface area (Å²) in [6.07, 6.45) is 3.38. The second-order valence-corrected chi connectivity index (χ2v) is 9.39. The molecule has 1 heterocycles. The molecule has 5 nitrogen and oxygen atoms in total. The summed E-state index contributed by atoms with van der Waals surface area (Å²) in [5.74, 6) is -0.308. The fourth-order valence-electron chi connectivity index (χ4n) is 2.93. The molecule has 30 heavy (non-hydrogen) atoms. The number of rotatable bonds is 5. The van der Waals surface area contributed by atoms with E-state index in [1.165, 1.54) is 0 Å². The number of nitrogens with one attached hydrogen (secondary N) is 2. The van der Waals surface area contributed by atoms with Crippen LogP contribution in [-0.4, -0.2) is 15.1 Å². The van der Waals surface area contributed by atoms with Crippen molar-refractivity contribution in [2.24, 2.45) is 0 Å². The lowest BCUT2D eigenvalue weighted by Crippen LogP contribution is -2.16. The zero-order chi connectivity index (χ0) is 21.1. The molecule has 2 N–H and O–H groups in total. The van der Waals surface area contributed by atoms with E-state index in [-0.39, 0.29) is 5.91 Å². The number of hydrogen-bond donors (Lipinski definition) is 2. The predicted octanol–water partition coefficient (Wildman–Crippen LogP) is 6.15. The minimum Gasteiger partial charge on any atom is -0.322 e. The maximum Gasteiger partial charge on any atom is 0.257 e. The number of anilines is 2. The van der Waals surface area contributed by atoms with Crippen LogP contribution in [0, 0.1) is 0 Å². The topological polar surface area (TPSA) is 71.1 Å². The van der Waals surface area contributed by atoms with Crippen LogP contribution in [0.15, 0.2) is 93.0 Å². The lowest BCUT2D eigenvalue weighted by atomic mass is 10.1. The van der Waals surface area contributed by atoms with E-state index in [1.807, 2.05) is 30.3 Å². The molecule has 150 valence electrons. The van der Waals surface area contributed by atoms with Crippen molar-refractivity contribution in [2.45, 2.75) is 4.90 Å². The lowest BCUT2D eigenvalue weighted by molar-refractivity contribution is 0.102. The highest BCUT2D eigenvalue weighted by Gasteiger charge is 2.16. The molecule has 4 rings (SSSR count). The Kier molecular flexibility index (Phi) is 6.26. The van der Waals surface area contributed by atoms with Gasteiger partial charge in [-0.3, -0.25) is 9.78 Å². The van der Waals surface area contributed by atoms with Crippen LogP contribution in [-0.2, 0) is 11.0 Å². The molecule has 0 spiro atoms. The molecule has 1 unspecified atom stereocenters. The van der Waals surface area contributed by atoms with Crippen LogP contribution in [0.5, 0.6) is 0 Å². The van der Waals surface area contributed by atoms with Gasteiger partial charge in [0.15, 0.2) is 11.0 Å². The summed E-state index contributed by atoms with van der Waals surface area (Å²) in [5, 5.41) is 4.61. The lowest BCUT2D eigenvalue weighted by Gasteiger charge is -2.13. The number of hydrogen-bond acceptors (Lipinski definition) is 3. The standard InChI is InChI=1S/C22H15Br2N3O2S/c23-15-4-7-17(8-5-15)26-22(28)18-12-16(24)6-9-20(18)27-30(29)21-3-1-2-14-10-11-25-13-19(14)21/h1-13,27H,(H,26,28). The van der Waals surface area contributed by atoms with E-state index in [9.17, 15) is 9.00 Å². The smallest absolute Gasteiger partial charge is 0.257 e. The fourth-order valence-corrected chi connectivity index (χ4v) is 4.61. The van der Waals surface area contributed by atoms with Gasteiger partial charge in [-0.25, -0.2) is 4.21 Å². The Morgan fingerprint density at radius 3 is 2.50 bits per heavy atom. The normalized spacial score (nSPS) is 11.8. The van der Waals surface area contributed by atoms with Gasteiger partial charge in [0.25, 0.3) is 5.91 Å². The second-order valence-electron chi connectivity index (χ2n) is 6.37. The number of nitrogens with zero attached hydrogens (tertiary/aromatic N) is 1. The highest BCUT2D eigenvalue weighted by Crippen LogP contribution is 2.26. The van der Waals surface area contributed by atoms with Gasteiger partial charge in [-0.15, -0.1) is 0 Å². The Labute approximate surface area is 192 Å². The third-order valence-corrected chi connectivity index (χ3v) is 6.56. The summed E-state index contributed by atoms with van der Waals surface area (Å²) < 4.78 is 17.8. The number of amides is 1. The number of benzene rings is 3. The molecule has 0 bridgehead atoms. The van der Waals surface area contributed by atoms with Crippen LogP contribution in [0.3, 0.4) is 0 Å². The van der Waals surface area contributed by atoms with Crippen molar-refractivity contribution in [1.82, 2.24) is 4.98 Å². The Bertz CT molecular complexity index is 1260. The van der Waals surface area contributed by atoms with E-state index in [0.717, 1.165) is 19.7 Å². The van der Waals surface area contributed by atoms with Gasteiger partial charge in [-0.2, -0.15) is 0 Å². The number of fused-ring (bicyclic) bond motifs is 1. The molecule has 0 aliphatic heterocycles. The van der Waals surface area contributed by atoms with E-state index in [4.69, 9.17) is 0 Å². The maximum atomic E-state index is 13.1. The molecule has 0 saturated heterocycles. The molecule has 0 aliphatic rings. The summed E-state index contributed by atoms with van der Waals surface area (Å²) in [7, 11) is -1.58. The van der Waals surface area contributed by atoms with Crippen LogP contribution >= 0.6 is 31.9 Å². The molecule has 8 heteroatoms. The molecule has 0 saturated carbocycles. The molecule has 1 atom stereocenters. The number of carbonyl (C=O) groups excluding carboxylic acids is 1. The van der Waals surface area contributed by atoms with Crippen molar-refractivity contribution in [3.05, 3.63) is 93.6 Å². The highest BCUT2D eigenvalue weighted by molar-refractivity contribution is 9.10. The summed E-state index contributed by atoms with van der Waals surface area (Å²) in [6.45, 7) is 0. The van der Waals surface area contributed by atoms with Crippen LogP contribution in [0.1, 0.15) is 10.4 Å². The summed E-state index contributed by atoms with van der Waals surface area (Å²) in [6, 6.07) is 19.9. The minimum atomic E-state index is -1.58. The zero-order valence-electron chi connectivity index (χ0n) is 15.4. The zero-order valence-corrected chi connectivity index (χ0v) is 19.4. The molecular formula is C22H15Br2N3O2S. The number of halogens is 2. The minimum absolute atomic E-state index is 0.308. The summed E-state index contributed by atoms with van der Waals surface area (Å²) >= 11 is 6.78. The van der Waals surface area contributed by atoms with E-state index in [1.54, 1.807) is 48.8 Å². The molecule has 0 fully saturated rings. The Balaban J connectivity index is 1.63. The predicted molar refractivity (Wildman–Crippen MR) is 128 cm³/mol. The largest absolute Gasteiger partial charge is 0.322 e. The molecule has 4 aromatic rings. The van der Waals surface area contributed by atoms with E-state index >= 15 is 0 Å². The van der Waals surface area contributed by atoms with Crippen molar-refractivity contribution >= 4 is 70.9 Å². The first kappa shape index (κ1) is 20.7. The first-order valence-electron chi connectivity index (χ1n) is 8.89. The second kappa shape index (κ2) is 9.07. The average Bonchev–Trinajstić information content (AvgIpc) is 2.76. The number of aromatic nitrogens is 1. The average molecular weight is 545 g/mol. The van der Waals surface area contributed by atoms with Gasteiger partial charge in [-0.05, 0) is 60.0 Å². The summed E-state index contributed by atoms with van der Waals surface area (Å²) in [4.78, 5) is 17.6. The van der Waals surface area contributed by atoms with Crippen molar-refractivity contribution in [2.75, 3.05) is 10.0 Å². The van der Waals surface area contributed by atoms with E-state index in [0.29, 0.717) is 21.8 Å². The molecule has 0 aliphatic carbocycles. The van der Waals surface area contributed by atoms with Gasteiger partial charge in [0.2, 0.25) is 0 Å². The van der Waals surface area contributed by atoms with E-state index in [2.05, 4.69) is 46.9 Å². The fraction of sp³-hybridized carbons (Fsp3) is 0. The van der Waals surface area contributed by atoms with Crippen LogP contribution < -0.4 is 10.0 Å². The quantitative estimate of drug-likeness (QED) is 0.316. The van der Waals surface area contributed by atoms with Crippen molar-refractivity contribution < 1.29 is 9.00 Å².